The van der Waals surface area contributed by atoms with Gasteiger partial charge in [-0.2, -0.15) is 0 Å². The Hall–Kier alpha value is -13.9. The average Bonchev–Trinajstić information content (AvgIpc) is 1.68. The van der Waals surface area contributed by atoms with E-state index in [9.17, 15) is 0 Å². The summed E-state index contributed by atoms with van der Waals surface area (Å²) in [5, 5.41) is 9.78. The van der Waals surface area contributed by atoms with E-state index in [2.05, 4.69) is 292 Å². The van der Waals surface area contributed by atoms with Crippen LogP contribution in [0, 0.1) is 0 Å². The summed E-state index contributed by atoms with van der Waals surface area (Å²) in [4.78, 5) is 33.2. The first-order chi connectivity index (χ1) is 52.9. The molecule has 4 aromatic heterocycles. The summed E-state index contributed by atoms with van der Waals surface area (Å²) in [6.45, 7) is 0. The van der Waals surface area contributed by atoms with Crippen LogP contribution in [0.5, 0.6) is 0 Å². The molecular formula is C98H65BrN8. The zero-order valence-electron chi connectivity index (χ0n) is 58.0. The van der Waals surface area contributed by atoms with Gasteiger partial charge in [0.2, 0.25) is 0 Å². The predicted octanol–water partition coefficient (Wildman–Crippen LogP) is 25.9. The van der Waals surface area contributed by atoms with Crippen LogP contribution >= 0.6 is 15.9 Å². The van der Waals surface area contributed by atoms with Crippen molar-refractivity contribution in [1.82, 2.24) is 39.5 Å². The zero-order valence-corrected chi connectivity index (χ0v) is 59.5. The van der Waals surface area contributed by atoms with Crippen molar-refractivity contribution in [2.45, 2.75) is 0 Å². The fraction of sp³-hybridized carbons (Fsp3) is 0. The van der Waals surface area contributed by atoms with Crippen LogP contribution in [0.15, 0.2) is 393 Å². The van der Waals surface area contributed by atoms with E-state index in [1.807, 2.05) is 121 Å². The van der Waals surface area contributed by atoms with E-state index in [0.717, 1.165) is 76.6 Å². The molecule has 8 nitrogen and oxygen atoms in total. The number of hydrogen-bond acceptors (Lipinski definition) is 6. The molecule has 0 saturated heterocycles. The van der Waals surface area contributed by atoms with Crippen LogP contribution in [0.3, 0.4) is 0 Å². The summed E-state index contributed by atoms with van der Waals surface area (Å²) >= 11 is 3.53. The van der Waals surface area contributed by atoms with Gasteiger partial charge in [0.25, 0.3) is 0 Å². The molecule has 0 saturated carbocycles. The Kier molecular flexibility index (Phi) is 17.7. The molecule has 20 aromatic rings. The standard InChI is InChI=1S/C49H32N4.C37H24BrN3.C12H9N/c1-3-13-36(14-4-1)47-50-48(37-15-5-2-6-16-37)52-49(51-47)39-31-38-17-7-8-18-41(38)44(32-39)35-25-23-33(24-26-35)34-27-29-40(30-28-34)53-45-21-11-9-19-42(45)43-20-10-12-22-46(43)53;38-32-21-19-26(20-22-32)25-15-17-27(18-16-25)34-24-31(23-30-13-7-8-14-33(30)34)37-40-35(28-9-3-1-4-10-28)39-36(41-37)29-11-5-2-6-12-29;1-3-7-11-9(5-1)10-6-2-4-8-12(10)13-11/h1-32H;1-24H;1-8,13H. The number of nitrogens with zero attached hydrogens (tertiary/aromatic N) is 7. The maximum Gasteiger partial charge on any atom is 0.164 e. The normalized spacial score (nSPS) is 11.2. The Balaban J connectivity index is 0.000000132. The predicted molar refractivity (Wildman–Crippen MR) is 447 cm³/mol. The van der Waals surface area contributed by atoms with Gasteiger partial charge in [-0.05, 0) is 139 Å². The molecule has 0 bridgehead atoms. The SMILES string of the molecule is Brc1ccc(-c2ccc(-c3cc(-c4nc(-c5ccccc5)nc(-c5ccccc5)n4)cc4ccccc34)cc2)cc1.c1ccc(-c2nc(-c3ccccc3)nc(-c3cc(-c4ccc(-c5ccc(-n6c7ccccc7c7ccccc76)cc5)cc4)c4ccccc4c3)n2)cc1.c1ccc2c(c1)[nH]c1ccccc12. The molecule has 0 spiro atoms. The van der Waals surface area contributed by atoms with Crippen LogP contribution in [0.2, 0.25) is 0 Å². The third kappa shape index (κ3) is 13.4. The molecular weight excluding hydrogens is 1370 g/mol. The lowest BCUT2D eigenvalue weighted by molar-refractivity contribution is 1.07. The summed E-state index contributed by atoms with van der Waals surface area (Å²) in [5.41, 5.74) is 21.0. The van der Waals surface area contributed by atoms with Gasteiger partial charge in [0.05, 0.1) is 11.0 Å². The number of hydrogen-bond donors (Lipinski definition) is 1. The third-order valence-electron chi connectivity index (χ3n) is 19.7. The number of fused-ring (bicyclic) bond motifs is 8. The van der Waals surface area contributed by atoms with Crippen LogP contribution in [0.25, 0.3) is 184 Å². The topological polar surface area (TPSA) is 98.1 Å². The molecule has 0 aliphatic rings. The second-order valence-corrected chi connectivity index (χ2v) is 27.3. The molecule has 0 amide bonds. The average molecular weight is 1430 g/mol. The number of aromatic nitrogens is 8. The highest BCUT2D eigenvalue weighted by Crippen LogP contribution is 2.40. The van der Waals surface area contributed by atoms with Crippen LogP contribution in [-0.2, 0) is 0 Å². The van der Waals surface area contributed by atoms with Crippen molar-refractivity contribution < 1.29 is 0 Å². The van der Waals surface area contributed by atoms with Gasteiger partial charge in [-0.25, -0.2) is 29.9 Å². The van der Waals surface area contributed by atoms with Gasteiger partial charge in [0, 0.05) is 76.1 Å². The number of rotatable bonds is 11. The molecule has 0 aliphatic carbocycles. The molecule has 504 valence electrons. The fourth-order valence-electron chi connectivity index (χ4n) is 14.4. The van der Waals surface area contributed by atoms with Gasteiger partial charge in [0.1, 0.15) is 0 Å². The van der Waals surface area contributed by atoms with E-state index in [0.29, 0.717) is 34.9 Å². The Bertz CT molecular complexity index is 6370. The minimum atomic E-state index is 0.643. The molecule has 0 aliphatic heterocycles. The van der Waals surface area contributed by atoms with E-state index in [1.165, 1.54) is 76.6 Å². The van der Waals surface area contributed by atoms with Gasteiger partial charge < -0.3 is 9.55 Å². The van der Waals surface area contributed by atoms with Gasteiger partial charge in [-0.15, -0.1) is 0 Å². The molecule has 0 fully saturated rings. The highest BCUT2D eigenvalue weighted by atomic mass is 79.9. The highest BCUT2D eigenvalue weighted by Gasteiger charge is 2.19. The first kappa shape index (κ1) is 65.2. The van der Waals surface area contributed by atoms with Gasteiger partial charge in [0.15, 0.2) is 34.9 Å². The van der Waals surface area contributed by atoms with Gasteiger partial charge in [-0.3, -0.25) is 0 Å². The van der Waals surface area contributed by atoms with Crippen LogP contribution in [0.4, 0.5) is 0 Å². The monoisotopic (exact) mass is 1430 g/mol. The molecule has 4 heterocycles. The van der Waals surface area contributed by atoms with Crippen molar-refractivity contribution in [3.05, 3.63) is 393 Å². The quantitative estimate of drug-likeness (QED) is 0.139. The van der Waals surface area contributed by atoms with E-state index in [4.69, 9.17) is 29.9 Å². The van der Waals surface area contributed by atoms with E-state index in [-0.39, 0.29) is 0 Å². The van der Waals surface area contributed by atoms with Crippen LogP contribution in [-0.4, -0.2) is 39.5 Å². The van der Waals surface area contributed by atoms with Crippen molar-refractivity contribution in [3.63, 3.8) is 0 Å². The summed E-state index contributed by atoms with van der Waals surface area (Å²) in [6.07, 6.45) is 0. The summed E-state index contributed by atoms with van der Waals surface area (Å²) in [7, 11) is 0. The number of benzene rings is 16. The fourth-order valence-corrected chi connectivity index (χ4v) is 14.6. The Morgan fingerprint density at radius 2 is 0.477 bits per heavy atom. The maximum atomic E-state index is 5.03. The highest BCUT2D eigenvalue weighted by molar-refractivity contribution is 9.10. The van der Waals surface area contributed by atoms with Gasteiger partial charge in [-0.1, -0.05) is 331 Å². The lowest BCUT2D eigenvalue weighted by atomic mass is 9.94. The van der Waals surface area contributed by atoms with Gasteiger partial charge >= 0.3 is 0 Å². The largest absolute Gasteiger partial charge is 0.355 e. The van der Waals surface area contributed by atoms with E-state index < -0.39 is 0 Å². The third-order valence-corrected chi connectivity index (χ3v) is 20.2. The minimum Gasteiger partial charge on any atom is -0.355 e. The first-order valence-electron chi connectivity index (χ1n) is 35.7. The Labute approximate surface area is 627 Å². The maximum absolute atomic E-state index is 5.03. The lowest BCUT2D eigenvalue weighted by Crippen LogP contribution is -2.00. The number of H-pyrrole nitrogens is 1. The van der Waals surface area contributed by atoms with Crippen molar-refractivity contribution in [2.24, 2.45) is 0 Å². The van der Waals surface area contributed by atoms with Crippen molar-refractivity contribution in [3.8, 4) is 119 Å². The van der Waals surface area contributed by atoms with E-state index >= 15 is 0 Å². The Morgan fingerprint density at radius 3 is 0.841 bits per heavy atom. The first-order valence-corrected chi connectivity index (χ1v) is 36.5. The molecule has 0 radical (unpaired) electrons. The smallest absolute Gasteiger partial charge is 0.164 e. The van der Waals surface area contributed by atoms with Crippen molar-refractivity contribution >= 4 is 81.1 Å². The van der Waals surface area contributed by atoms with Crippen LogP contribution in [0.1, 0.15) is 0 Å². The number of halogens is 1. The number of aromatic amines is 1. The second kappa shape index (κ2) is 29.1. The molecule has 1 N–H and O–H groups in total. The molecule has 0 unspecified atom stereocenters. The van der Waals surface area contributed by atoms with Crippen LogP contribution < -0.4 is 0 Å². The Morgan fingerprint density at radius 1 is 0.206 bits per heavy atom. The minimum absolute atomic E-state index is 0.643. The van der Waals surface area contributed by atoms with Crippen molar-refractivity contribution in [1.29, 1.82) is 0 Å². The molecule has 20 rings (SSSR count). The van der Waals surface area contributed by atoms with Crippen molar-refractivity contribution in [2.75, 3.05) is 0 Å². The summed E-state index contributed by atoms with van der Waals surface area (Å²) in [6, 6.07) is 135. The number of nitrogens with one attached hydrogen (secondary N) is 1. The lowest BCUT2D eigenvalue weighted by Gasteiger charge is -2.13. The number of para-hydroxylation sites is 4. The second-order valence-electron chi connectivity index (χ2n) is 26.4. The van der Waals surface area contributed by atoms with E-state index in [1.54, 1.807) is 0 Å². The zero-order chi connectivity index (χ0) is 71.4. The molecule has 9 heteroatoms. The summed E-state index contributed by atoms with van der Waals surface area (Å²) < 4.78 is 3.43. The molecule has 16 aromatic carbocycles. The summed E-state index contributed by atoms with van der Waals surface area (Å²) in [5.74, 6) is 3.90. The molecule has 0 atom stereocenters. The molecule has 107 heavy (non-hydrogen) atoms.